The fraction of sp³-hybridized carbons (Fsp3) is 0.857. The zero-order chi connectivity index (χ0) is 15.1. The van der Waals surface area contributed by atoms with Gasteiger partial charge in [-0.25, -0.2) is 4.79 Å². The van der Waals surface area contributed by atoms with E-state index in [2.05, 4.69) is 19.2 Å². The van der Waals surface area contributed by atoms with Gasteiger partial charge in [-0.15, -0.1) is 0 Å². The summed E-state index contributed by atoms with van der Waals surface area (Å²) >= 11 is 0. The average molecular weight is 284 g/mol. The molecule has 0 aromatic carbocycles. The SMILES string of the molecule is COC1CC(NC(=O)N2CCC(C(=O)O)C2C)C1(C)C. The zero-order valence-electron chi connectivity index (χ0n) is 12.5. The predicted octanol–water partition coefficient (Wildman–Crippen LogP) is 1.30. The van der Waals surface area contributed by atoms with Crippen molar-refractivity contribution in [2.45, 2.75) is 51.8 Å². The lowest BCUT2D eigenvalue weighted by molar-refractivity contribution is -0.142. The van der Waals surface area contributed by atoms with Crippen LogP contribution in [0.1, 0.15) is 33.6 Å². The highest BCUT2D eigenvalue weighted by Gasteiger charge is 2.50. The van der Waals surface area contributed by atoms with Crippen molar-refractivity contribution in [2.24, 2.45) is 11.3 Å². The summed E-state index contributed by atoms with van der Waals surface area (Å²) in [7, 11) is 1.68. The van der Waals surface area contributed by atoms with Crippen molar-refractivity contribution >= 4 is 12.0 Å². The summed E-state index contributed by atoms with van der Waals surface area (Å²) < 4.78 is 5.37. The highest BCUT2D eigenvalue weighted by Crippen LogP contribution is 2.42. The summed E-state index contributed by atoms with van der Waals surface area (Å²) in [6.07, 6.45) is 1.49. The first-order valence-electron chi connectivity index (χ1n) is 7.11. The highest BCUT2D eigenvalue weighted by molar-refractivity contribution is 5.78. The van der Waals surface area contributed by atoms with Crippen molar-refractivity contribution in [1.29, 1.82) is 0 Å². The molecule has 1 heterocycles. The first kappa shape index (κ1) is 15.1. The van der Waals surface area contributed by atoms with Crippen LogP contribution >= 0.6 is 0 Å². The van der Waals surface area contributed by atoms with E-state index in [1.54, 1.807) is 18.9 Å². The number of carbonyl (C=O) groups is 2. The van der Waals surface area contributed by atoms with Gasteiger partial charge in [0.15, 0.2) is 0 Å². The molecule has 1 saturated carbocycles. The Balaban J connectivity index is 1.92. The number of hydrogen-bond acceptors (Lipinski definition) is 3. The molecule has 4 atom stereocenters. The molecule has 2 amide bonds. The van der Waals surface area contributed by atoms with Gasteiger partial charge in [0.1, 0.15) is 0 Å². The predicted molar refractivity (Wildman–Crippen MR) is 73.4 cm³/mol. The molecule has 0 aromatic rings. The van der Waals surface area contributed by atoms with Gasteiger partial charge in [-0.3, -0.25) is 4.79 Å². The Bertz CT molecular complexity index is 410. The first-order valence-corrected chi connectivity index (χ1v) is 7.11. The first-order chi connectivity index (χ1) is 9.28. The van der Waals surface area contributed by atoms with Crippen LogP contribution in [-0.4, -0.2) is 53.8 Å². The van der Waals surface area contributed by atoms with Gasteiger partial charge in [0.2, 0.25) is 0 Å². The van der Waals surface area contributed by atoms with Gasteiger partial charge in [0.05, 0.1) is 12.0 Å². The molecule has 2 fully saturated rings. The second kappa shape index (κ2) is 5.24. The number of hydrogen-bond donors (Lipinski definition) is 2. The summed E-state index contributed by atoms with van der Waals surface area (Å²) in [5.41, 5.74) is -0.0838. The minimum atomic E-state index is -0.823. The number of nitrogens with one attached hydrogen (secondary N) is 1. The molecule has 114 valence electrons. The molecule has 0 radical (unpaired) electrons. The lowest BCUT2D eigenvalue weighted by Crippen LogP contribution is -2.63. The molecule has 2 rings (SSSR count). The van der Waals surface area contributed by atoms with Crippen LogP contribution < -0.4 is 5.32 Å². The molecule has 20 heavy (non-hydrogen) atoms. The minimum Gasteiger partial charge on any atom is -0.481 e. The molecule has 1 aliphatic carbocycles. The number of methoxy groups -OCH3 is 1. The number of urea groups is 1. The number of ether oxygens (including phenoxy) is 1. The molecular formula is C14H24N2O4. The largest absolute Gasteiger partial charge is 0.481 e. The second-order valence-electron chi connectivity index (χ2n) is 6.45. The van der Waals surface area contributed by atoms with Gasteiger partial charge in [0, 0.05) is 31.2 Å². The molecule has 0 spiro atoms. The van der Waals surface area contributed by atoms with Crippen LogP contribution in [0.5, 0.6) is 0 Å². The van der Waals surface area contributed by atoms with Gasteiger partial charge in [-0.2, -0.15) is 0 Å². The fourth-order valence-corrected chi connectivity index (χ4v) is 3.32. The van der Waals surface area contributed by atoms with E-state index in [1.807, 2.05) is 0 Å². The summed E-state index contributed by atoms with van der Waals surface area (Å²) in [4.78, 5) is 25.0. The third-order valence-corrected chi connectivity index (χ3v) is 5.09. The van der Waals surface area contributed by atoms with Gasteiger partial charge in [0.25, 0.3) is 0 Å². The molecule has 2 aliphatic rings. The smallest absolute Gasteiger partial charge is 0.317 e. The lowest BCUT2D eigenvalue weighted by Gasteiger charge is -2.51. The van der Waals surface area contributed by atoms with Crippen LogP contribution in [0.15, 0.2) is 0 Å². The topological polar surface area (TPSA) is 78.9 Å². The number of amides is 2. The van der Waals surface area contributed by atoms with Crippen molar-refractivity contribution in [2.75, 3.05) is 13.7 Å². The Morgan fingerprint density at radius 3 is 2.50 bits per heavy atom. The van der Waals surface area contributed by atoms with Crippen LogP contribution in [0.3, 0.4) is 0 Å². The van der Waals surface area contributed by atoms with Crippen LogP contribution in [0.4, 0.5) is 4.79 Å². The van der Waals surface area contributed by atoms with Gasteiger partial charge in [-0.05, 0) is 19.8 Å². The van der Waals surface area contributed by atoms with E-state index in [4.69, 9.17) is 9.84 Å². The van der Waals surface area contributed by atoms with Crippen molar-refractivity contribution in [3.8, 4) is 0 Å². The third kappa shape index (κ3) is 2.37. The van der Waals surface area contributed by atoms with E-state index in [0.717, 1.165) is 6.42 Å². The Labute approximate surface area is 119 Å². The standard InChI is InChI=1S/C14H24N2O4/c1-8-9(12(17)18)5-6-16(8)13(19)15-10-7-11(20-4)14(10,2)3/h8-11H,5-7H2,1-4H3,(H,15,19)(H,17,18). The second-order valence-corrected chi connectivity index (χ2v) is 6.45. The van der Waals surface area contributed by atoms with Crippen molar-refractivity contribution in [3.05, 3.63) is 0 Å². The van der Waals surface area contributed by atoms with Crippen LogP contribution in [0.25, 0.3) is 0 Å². The van der Waals surface area contributed by atoms with Crippen LogP contribution in [0.2, 0.25) is 0 Å². The van der Waals surface area contributed by atoms with Gasteiger partial charge in [-0.1, -0.05) is 13.8 Å². The van der Waals surface area contributed by atoms with E-state index in [0.29, 0.717) is 13.0 Å². The zero-order valence-corrected chi connectivity index (χ0v) is 12.5. The molecule has 4 unspecified atom stereocenters. The number of nitrogens with zero attached hydrogens (tertiary/aromatic N) is 1. The summed E-state index contributed by atoms with van der Waals surface area (Å²) in [5.74, 6) is -1.28. The number of aliphatic carboxylic acids is 1. The number of carboxylic acid groups (broad SMARTS) is 1. The van der Waals surface area contributed by atoms with Gasteiger partial charge < -0.3 is 20.1 Å². The Hall–Kier alpha value is -1.30. The molecule has 2 N–H and O–H groups in total. The van der Waals surface area contributed by atoms with Gasteiger partial charge >= 0.3 is 12.0 Å². The molecule has 6 heteroatoms. The molecular weight excluding hydrogens is 260 g/mol. The summed E-state index contributed by atoms with van der Waals surface area (Å²) in [6.45, 7) is 6.45. The number of carboxylic acids is 1. The quantitative estimate of drug-likeness (QED) is 0.819. The normalized spacial score (nSPS) is 35.5. The monoisotopic (exact) mass is 284 g/mol. The van der Waals surface area contributed by atoms with Crippen molar-refractivity contribution < 1.29 is 19.4 Å². The molecule has 0 aromatic heterocycles. The highest BCUT2D eigenvalue weighted by atomic mass is 16.5. The number of carbonyl (C=O) groups excluding carboxylic acids is 1. The molecule has 6 nitrogen and oxygen atoms in total. The van der Waals surface area contributed by atoms with E-state index in [-0.39, 0.29) is 29.6 Å². The maximum atomic E-state index is 12.3. The number of likely N-dealkylation sites (tertiary alicyclic amines) is 1. The van der Waals surface area contributed by atoms with E-state index >= 15 is 0 Å². The molecule has 1 aliphatic heterocycles. The minimum absolute atomic E-state index is 0.0797. The van der Waals surface area contributed by atoms with Crippen LogP contribution in [-0.2, 0) is 9.53 Å². The van der Waals surface area contributed by atoms with E-state index in [9.17, 15) is 9.59 Å². The maximum absolute atomic E-state index is 12.3. The summed E-state index contributed by atoms with van der Waals surface area (Å²) in [6, 6.07) is -0.334. The van der Waals surface area contributed by atoms with Crippen molar-refractivity contribution in [1.82, 2.24) is 10.2 Å². The number of rotatable bonds is 3. The average Bonchev–Trinajstić information content (AvgIpc) is 2.75. The Morgan fingerprint density at radius 1 is 1.40 bits per heavy atom. The lowest BCUT2D eigenvalue weighted by atomic mass is 9.64. The molecule has 1 saturated heterocycles. The Morgan fingerprint density at radius 2 is 2.05 bits per heavy atom. The fourth-order valence-electron chi connectivity index (χ4n) is 3.32. The molecule has 0 bridgehead atoms. The maximum Gasteiger partial charge on any atom is 0.317 e. The van der Waals surface area contributed by atoms with E-state index in [1.165, 1.54) is 0 Å². The van der Waals surface area contributed by atoms with Crippen molar-refractivity contribution in [3.63, 3.8) is 0 Å². The van der Waals surface area contributed by atoms with E-state index < -0.39 is 11.9 Å². The summed E-state index contributed by atoms with van der Waals surface area (Å²) in [5, 5.41) is 12.1. The Kier molecular flexibility index (Phi) is 3.95. The third-order valence-electron chi connectivity index (χ3n) is 5.09. The van der Waals surface area contributed by atoms with Crippen LogP contribution in [0, 0.1) is 11.3 Å².